The van der Waals surface area contributed by atoms with Gasteiger partial charge in [0.05, 0.1) is 17.1 Å². The molecule has 4 rings (SSSR count). The van der Waals surface area contributed by atoms with Crippen molar-refractivity contribution in [3.05, 3.63) is 45.8 Å². The number of carbonyl (C=O) groups is 3. The monoisotopic (exact) mass is 577 g/mol. The smallest absolute Gasteiger partial charge is 0.409 e. The Bertz CT molecular complexity index is 1330. The van der Waals surface area contributed by atoms with Gasteiger partial charge in [-0.3, -0.25) is 14.5 Å². The van der Waals surface area contributed by atoms with Gasteiger partial charge in [-0.2, -0.15) is 4.31 Å². The molecule has 0 unspecified atom stereocenters. The number of sulfonamides is 1. The molecule has 11 nitrogen and oxygen atoms in total. The molecule has 3 amide bonds. The van der Waals surface area contributed by atoms with Crippen LogP contribution in [0.1, 0.15) is 45.0 Å². The minimum absolute atomic E-state index is 0.0679. The van der Waals surface area contributed by atoms with E-state index in [4.69, 9.17) is 4.74 Å². The van der Waals surface area contributed by atoms with Crippen molar-refractivity contribution in [3.63, 3.8) is 0 Å². The van der Waals surface area contributed by atoms with Crippen LogP contribution in [0.3, 0.4) is 0 Å². The third-order valence-corrected chi connectivity index (χ3v) is 9.99. The lowest BCUT2D eigenvalue weighted by atomic mass is 10.0. The Morgan fingerprint density at radius 3 is 2.28 bits per heavy atom. The summed E-state index contributed by atoms with van der Waals surface area (Å²) >= 11 is 1.42. The maximum Gasteiger partial charge on any atom is 0.409 e. The van der Waals surface area contributed by atoms with Crippen molar-refractivity contribution in [1.82, 2.24) is 19.0 Å². The first kappa shape index (κ1) is 29.0. The van der Waals surface area contributed by atoms with Crippen molar-refractivity contribution in [1.29, 1.82) is 0 Å². The molecule has 1 saturated heterocycles. The van der Waals surface area contributed by atoms with E-state index in [1.165, 1.54) is 49.7 Å². The van der Waals surface area contributed by atoms with Gasteiger partial charge < -0.3 is 19.9 Å². The number of piperazine rings is 1. The van der Waals surface area contributed by atoms with E-state index in [1.54, 1.807) is 21.0 Å². The molecule has 0 saturated carbocycles. The van der Waals surface area contributed by atoms with Crippen molar-refractivity contribution < 1.29 is 27.5 Å². The van der Waals surface area contributed by atoms with E-state index in [0.29, 0.717) is 10.6 Å². The van der Waals surface area contributed by atoms with E-state index in [9.17, 15) is 22.8 Å². The molecule has 1 aromatic carbocycles. The molecular weight excluding hydrogens is 542 g/mol. The average molecular weight is 578 g/mol. The lowest BCUT2D eigenvalue weighted by molar-refractivity contribution is 0.0827. The van der Waals surface area contributed by atoms with Gasteiger partial charge >= 0.3 is 6.09 Å². The number of benzene rings is 1. The summed E-state index contributed by atoms with van der Waals surface area (Å²) in [5.74, 6) is -0.571. The van der Waals surface area contributed by atoms with Gasteiger partial charge in [-0.15, -0.1) is 11.3 Å². The maximum absolute atomic E-state index is 13.2. The number of nitrogens with one attached hydrogen (secondary N) is 1. The number of fused-ring (bicyclic) bond motifs is 1. The molecule has 1 N–H and O–H groups in total. The second kappa shape index (κ2) is 12.0. The summed E-state index contributed by atoms with van der Waals surface area (Å²) in [7, 11) is -0.413. The first-order valence-corrected chi connectivity index (χ1v) is 15.2. The number of rotatable bonds is 7. The molecular formula is C26H35N5O6S2. The Kier molecular flexibility index (Phi) is 8.94. The van der Waals surface area contributed by atoms with Gasteiger partial charge in [0.2, 0.25) is 10.0 Å². The van der Waals surface area contributed by atoms with Gasteiger partial charge in [0.25, 0.3) is 11.8 Å². The second-order valence-electron chi connectivity index (χ2n) is 9.59. The van der Waals surface area contributed by atoms with E-state index < -0.39 is 22.0 Å². The van der Waals surface area contributed by atoms with Crippen LogP contribution in [0.25, 0.3) is 0 Å². The van der Waals surface area contributed by atoms with Crippen LogP contribution >= 0.6 is 11.3 Å². The number of hydrogen-bond acceptors (Lipinski definition) is 8. The number of ether oxygens (including phenoxy) is 1. The van der Waals surface area contributed by atoms with Crippen molar-refractivity contribution in [2.75, 3.05) is 65.3 Å². The topological polar surface area (TPSA) is 120 Å². The Labute approximate surface area is 233 Å². The third kappa shape index (κ3) is 6.11. The summed E-state index contributed by atoms with van der Waals surface area (Å²) in [5.41, 5.74) is 1.80. The van der Waals surface area contributed by atoms with Crippen LogP contribution in [0.2, 0.25) is 0 Å². The molecule has 0 spiro atoms. The van der Waals surface area contributed by atoms with Crippen molar-refractivity contribution in [2.24, 2.45) is 0 Å². The Morgan fingerprint density at radius 1 is 1.03 bits per heavy atom. The Balaban J connectivity index is 1.48. The van der Waals surface area contributed by atoms with E-state index >= 15 is 0 Å². The highest BCUT2D eigenvalue weighted by Gasteiger charge is 2.32. The summed E-state index contributed by atoms with van der Waals surface area (Å²) in [5, 5.41) is 3.42. The molecule has 2 aliphatic rings. The second-order valence-corrected chi connectivity index (χ2v) is 12.6. The number of likely N-dealkylation sites (N-methyl/N-ethyl adjacent to an activating group) is 1. The van der Waals surface area contributed by atoms with E-state index in [0.717, 1.165) is 36.5 Å². The number of carbonyl (C=O) groups excluding carboxylic acids is 3. The molecule has 3 heterocycles. The summed E-state index contributed by atoms with van der Waals surface area (Å²) in [6, 6.07) is 5.76. The fraction of sp³-hybridized carbons (Fsp3) is 0.500. The summed E-state index contributed by atoms with van der Waals surface area (Å²) in [6.45, 7) is 7.38. The van der Waals surface area contributed by atoms with Gasteiger partial charge in [0.15, 0.2) is 0 Å². The molecule has 0 radical (unpaired) electrons. The van der Waals surface area contributed by atoms with Gasteiger partial charge in [-0.05, 0) is 49.7 Å². The molecule has 0 bridgehead atoms. The number of anilines is 1. The highest BCUT2D eigenvalue weighted by atomic mass is 32.2. The minimum Gasteiger partial charge on any atom is -0.450 e. The zero-order chi connectivity index (χ0) is 28.3. The quantitative estimate of drug-likeness (QED) is 0.537. The van der Waals surface area contributed by atoms with E-state index in [1.807, 2.05) is 0 Å². The molecule has 1 fully saturated rings. The molecule has 1 aromatic heterocycles. The summed E-state index contributed by atoms with van der Waals surface area (Å²) in [6.07, 6.45) is 0.292. The SMILES string of the molecule is CCOC(=O)N1CCN(S(=O)(=O)c2ccc(C(=O)Nc3sc4c(c3C(=O)N(C)C)CCN(CC)C4)cc2)CC1. The normalized spacial score (nSPS) is 16.5. The molecule has 2 aromatic rings. The molecule has 39 heavy (non-hydrogen) atoms. The minimum atomic E-state index is -3.79. The highest BCUT2D eigenvalue weighted by molar-refractivity contribution is 7.89. The van der Waals surface area contributed by atoms with E-state index in [-0.39, 0.29) is 49.2 Å². The standard InChI is InChI=1S/C26H35N5O6S2/c1-5-29-12-11-20-21(17-29)38-24(22(20)25(33)28(3)4)27-23(32)18-7-9-19(10-8-18)39(35,36)31-15-13-30(14-16-31)26(34)37-6-2/h7-10H,5-6,11-17H2,1-4H3,(H,27,32). The van der Waals surface area contributed by atoms with Gasteiger partial charge in [0.1, 0.15) is 5.00 Å². The Morgan fingerprint density at radius 2 is 1.69 bits per heavy atom. The fourth-order valence-electron chi connectivity index (χ4n) is 4.69. The lowest BCUT2D eigenvalue weighted by Gasteiger charge is -2.33. The van der Waals surface area contributed by atoms with Crippen LogP contribution in [0.15, 0.2) is 29.2 Å². The van der Waals surface area contributed by atoms with Gasteiger partial charge in [0, 0.05) is 63.8 Å². The zero-order valence-corrected chi connectivity index (χ0v) is 24.4. The summed E-state index contributed by atoms with van der Waals surface area (Å²) in [4.78, 5) is 44.5. The van der Waals surface area contributed by atoms with Crippen LogP contribution in [-0.4, -0.2) is 105 Å². The number of hydrogen-bond donors (Lipinski definition) is 1. The Hall–Kier alpha value is -3.00. The predicted octanol–water partition coefficient (Wildman–Crippen LogP) is 2.54. The van der Waals surface area contributed by atoms with Crippen LogP contribution in [0.4, 0.5) is 9.80 Å². The van der Waals surface area contributed by atoms with Gasteiger partial charge in [-0.1, -0.05) is 6.92 Å². The van der Waals surface area contributed by atoms with Gasteiger partial charge in [-0.25, -0.2) is 13.2 Å². The number of amides is 3. The van der Waals surface area contributed by atoms with Crippen LogP contribution in [0, 0.1) is 0 Å². The first-order valence-electron chi connectivity index (χ1n) is 13.0. The third-order valence-electron chi connectivity index (χ3n) is 6.95. The molecule has 212 valence electrons. The lowest BCUT2D eigenvalue weighted by Crippen LogP contribution is -2.50. The van der Waals surface area contributed by atoms with Crippen molar-refractivity contribution in [3.8, 4) is 0 Å². The average Bonchev–Trinajstić information content (AvgIpc) is 3.29. The van der Waals surface area contributed by atoms with Crippen LogP contribution < -0.4 is 5.32 Å². The largest absolute Gasteiger partial charge is 0.450 e. The molecule has 13 heteroatoms. The van der Waals surface area contributed by atoms with Crippen molar-refractivity contribution in [2.45, 2.75) is 31.7 Å². The van der Waals surface area contributed by atoms with E-state index in [2.05, 4.69) is 17.1 Å². The number of nitrogens with zero attached hydrogens (tertiary/aromatic N) is 4. The first-order chi connectivity index (χ1) is 18.6. The molecule has 2 aliphatic heterocycles. The van der Waals surface area contributed by atoms with Crippen LogP contribution in [-0.2, 0) is 27.7 Å². The number of thiophene rings is 1. The summed E-state index contributed by atoms with van der Waals surface area (Å²) < 4.78 is 32.6. The predicted molar refractivity (Wildman–Crippen MR) is 149 cm³/mol. The highest BCUT2D eigenvalue weighted by Crippen LogP contribution is 2.38. The van der Waals surface area contributed by atoms with Crippen LogP contribution in [0.5, 0.6) is 0 Å². The van der Waals surface area contributed by atoms with Crippen molar-refractivity contribution >= 4 is 44.3 Å². The zero-order valence-electron chi connectivity index (χ0n) is 22.7. The maximum atomic E-state index is 13.2. The molecule has 0 aliphatic carbocycles. The fourth-order valence-corrected chi connectivity index (χ4v) is 7.39. The molecule has 0 atom stereocenters.